The van der Waals surface area contributed by atoms with Crippen molar-refractivity contribution >= 4 is 23.6 Å². The molecule has 0 spiro atoms. The highest BCUT2D eigenvalue weighted by atomic mass is 32.2. The third-order valence-electron chi connectivity index (χ3n) is 5.08. The van der Waals surface area contributed by atoms with Gasteiger partial charge in [-0.2, -0.15) is 0 Å². The average Bonchev–Trinajstić information content (AvgIpc) is 3.11. The second-order valence-electron chi connectivity index (χ2n) is 8.26. The Balaban J connectivity index is 1.67. The highest BCUT2D eigenvalue weighted by molar-refractivity contribution is 7.99. The van der Waals surface area contributed by atoms with Gasteiger partial charge in [0.15, 0.2) is 5.16 Å². The van der Waals surface area contributed by atoms with Gasteiger partial charge < -0.3 is 23.8 Å². The fourth-order valence-corrected chi connectivity index (χ4v) is 4.28. The Bertz CT molecular complexity index is 919. The largest absolute Gasteiger partial charge is 0.497 e. The summed E-state index contributed by atoms with van der Waals surface area (Å²) in [6, 6.07) is 7.69. The quantitative estimate of drug-likeness (QED) is 0.526. The molecule has 1 fully saturated rings. The van der Waals surface area contributed by atoms with E-state index in [0.717, 1.165) is 11.3 Å². The van der Waals surface area contributed by atoms with Crippen molar-refractivity contribution in [2.75, 3.05) is 39.0 Å². The number of carbonyl (C=O) groups excluding carboxylic acids is 2. The van der Waals surface area contributed by atoms with Gasteiger partial charge in [0.1, 0.15) is 12.1 Å². The minimum absolute atomic E-state index is 0.0526. The number of nitrogens with zero attached hydrogens (tertiary/aromatic N) is 5. The van der Waals surface area contributed by atoms with Gasteiger partial charge >= 0.3 is 0 Å². The molecule has 1 unspecified atom stereocenters. The summed E-state index contributed by atoms with van der Waals surface area (Å²) in [7, 11) is 3.46. The lowest BCUT2D eigenvalue weighted by Gasteiger charge is -2.26. The van der Waals surface area contributed by atoms with Gasteiger partial charge in [-0.15, -0.1) is 10.2 Å². The molecular formula is C22H31N5O4S. The number of methoxy groups -OCH3 is 1. The normalized spacial score (nSPS) is 17.0. The lowest BCUT2D eigenvalue weighted by molar-refractivity contribution is -0.137. The Morgan fingerprint density at radius 2 is 2.12 bits per heavy atom. The van der Waals surface area contributed by atoms with Crippen molar-refractivity contribution in [3.8, 4) is 5.75 Å². The van der Waals surface area contributed by atoms with E-state index in [1.165, 1.54) is 11.8 Å². The maximum absolute atomic E-state index is 12.9. The van der Waals surface area contributed by atoms with Crippen LogP contribution in [-0.4, -0.2) is 81.5 Å². The SMILES string of the molecule is COc1cccc(COC2CN(C(=O)CSc3nncn3C)CC(=O)N(CC(C)C)C2)c1. The van der Waals surface area contributed by atoms with Crippen molar-refractivity contribution in [2.45, 2.75) is 31.7 Å². The number of rotatable bonds is 9. The molecule has 0 aliphatic carbocycles. The zero-order chi connectivity index (χ0) is 23.1. The van der Waals surface area contributed by atoms with Crippen LogP contribution in [0.25, 0.3) is 0 Å². The van der Waals surface area contributed by atoms with Crippen LogP contribution in [0.5, 0.6) is 5.75 Å². The number of carbonyl (C=O) groups is 2. The Kier molecular flexibility index (Phi) is 8.52. The lowest BCUT2D eigenvalue weighted by atomic mass is 10.2. The van der Waals surface area contributed by atoms with Crippen LogP contribution >= 0.6 is 11.8 Å². The summed E-state index contributed by atoms with van der Waals surface area (Å²) in [4.78, 5) is 29.2. The fourth-order valence-electron chi connectivity index (χ4n) is 3.49. The maximum atomic E-state index is 12.9. The molecule has 1 aromatic heterocycles. The van der Waals surface area contributed by atoms with Gasteiger partial charge in [0, 0.05) is 26.7 Å². The molecule has 1 aliphatic rings. The number of hydrogen-bond donors (Lipinski definition) is 0. The summed E-state index contributed by atoms with van der Waals surface area (Å²) >= 11 is 1.31. The Hall–Kier alpha value is -2.59. The van der Waals surface area contributed by atoms with Crippen LogP contribution in [0.15, 0.2) is 35.7 Å². The summed E-state index contributed by atoms with van der Waals surface area (Å²) in [5.74, 6) is 1.11. The van der Waals surface area contributed by atoms with Gasteiger partial charge in [0.05, 0.1) is 32.1 Å². The van der Waals surface area contributed by atoms with E-state index < -0.39 is 0 Å². The van der Waals surface area contributed by atoms with Crippen molar-refractivity contribution in [1.29, 1.82) is 0 Å². The number of amides is 2. The molecule has 3 rings (SSSR count). The van der Waals surface area contributed by atoms with E-state index in [1.54, 1.807) is 22.9 Å². The zero-order valence-corrected chi connectivity index (χ0v) is 19.9. The predicted octanol–water partition coefficient (Wildman–Crippen LogP) is 1.83. The first-order valence-electron chi connectivity index (χ1n) is 10.6. The Morgan fingerprint density at radius 1 is 1.31 bits per heavy atom. The van der Waals surface area contributed by atoms with Gasteiger partial charge in [0.2, 0.25) is 11.8 Å². The molecule has 174 valence electrons. The smallest absolute Gasteiger partial charge is 0.242 e. The van der Waals surface area contributed by atoms with Crippen molar-refractivity contribution in [3.63, 3.8) is 0 Å². The molecule has 0 N–H and O–H groups in total. The van der Waals surface area contributed by atoms with Crippen molar-refractivity contribution < 1.29 is 19.1 Å². The van der Waals surface area contributed by atoms with Crippen LogP contribution in [0.3, 0.4) is 0 Å². The number of thioether (sulfide) groups is 1. The van der Waals surface area contributed by atoms with E-state index in [-0.39, 0.29) is 30.2 Å². The number of ether oxygens (including phenoxy) is 2. The minimum Gasteiger partial charge on any atom is -0.497 e. The molecular weight excluding hydrogens is 430 g/mol. The van der Waals surface area contributed by atoms with E-state index in [0.29, 0.717) is 37.3 Å². The average molecular weight is 462 g/mol. The second-order valence-corrected chi connectivity index (χ2v) is 9.21. The van der Waals surface area contributed by atoms with Crippen LogP contribution in [0.2, 0.25) is 0 Å². The van der Waals surface area contributed by atoms with E-state index in [2.05, 4.69) is 24.0 Å². The first kappa shape index (κ1) is 24.1. The number of aromatic nitrogens is 3. The molecule has 1 aromatic carbocycles. The fraction of sp³-hybridized carbons (Fsp3) is 0.545. The molecule has 32 heavy (non-hydrogen) atoms. The monoisotopic (exact) mass is 461 g/mol. The summed E-state index contributed by atoms with van der Waals surface area (Å²) in [6.45, 7) is 6.04. The van der Waals surface area contributed by atoms with Gasteiger partial charge in [-0.05, 0) is 23.6 Å². The highest BCUT2D eigenvalue weighted by Crippen LogP contribution is 2.18. The molecule has 0 bridgehead atoms. The summed E-state index contributed by atoms with van der Waals surface area (Å²) < 4.78 is 13.2. The number of hydrogen-bond acceptors (Lipinski definition) is 7. The van der Waals surface area contributed by atoms with Gasteiger partial charge in [-0.1, -0.05) is 37.7 Å². The standard InChI is InChI=1S/C22H31N5O4S/c1-16(2)9-26-10-19(31-13-17-6-5-7-18(8-17)30-4)11-27(12-20(26)28)21(29)14-32-22-24-23-15-25(22)3/h5-8,15-16,19H,9-14H2,1-4H3. The zero-order valence-electron chi connectivity index (χ0n) is 19.1. The molecule has 9 nitrogen and oxygen atoms in total. The third kappa shape index (κ3) is 6.70. The van der Waals surface area contributed by atoms with E-state index in [9.17, 15) is 9.59 Å². The molecule has 10 heteroatoms. The Morgan fingerprint density at radius 3 is 2.81 bits per heavy atom. The number of benzene rings is 1. The molecule has 1 saturated heterocycles. The molecule has 2 heterocycles. The molecule has 0 saturated carbocycles. The summed E-state index contributed by atoms with van der Waals surface area (Å²) in [5.41, 5.74) is 0.978. The second kappa shape index (κ2) is 11.3. The first-order valence-corrected chi connectivity index (χ1v) is 11.6. The molecule has 1 aliphatic heterocycles. The summed E-state index contributed by atoms with van der Waals surface area (Å²) in [6.07, 6.45) is 1.31. The van der Waals surface area contributed by atoms with Crippen LogP contribution in [0, 0.1) is 5.92 Å². The maximum Gasteiger partial charge on any atom is 0.242 e. The van der Waals surface area contributed by atoms with Crippen LogP contribution in [0.1, 0.15) is 19.4 Å². The van der Waals surface area contributed by atoms with E-state index in [1.807, 2.05) is 36.2 Å². The van der Waals surface area contributed by atoms with Crippen molar-refractivity contribution in [2.24, 2.45) is 13.0 Å². The number of aryl methyl sites for hydroxylation is 1. The third-order valence-corrected chi connectivity index (χ3v) is 6.10. The van der Waals surface area contributed by atoms with Crippen molar-refractivity contribution in [1.82, 2.24) is 24.6 Å². The van der Waals surface area contributed by atoms with Gasteiger partial charge in [-0.25, -0.2) is 0 Å². The topological polar surface area (TPSA) is 89.8 Å². The summed E-state index contributed by atoms with van der Waals surface area (Å²) in [5, 5.41) is 8.49. The van der Waals surface area contributed by atoms with E-state index >= 15 is 0 Å². The minimum atomic E-state index is -0.282. The Labute approximate surface area is 193 Å². The molecule has 2 amide bonds. The van der Waals surface area contributed by atoms with Crippen molar-refractivity contribution in [3.05, 3.63) is 36.2 Å². The lowest BCUT2D eigenvalue weighted by Crippen LogP contribution is -2.41. The molecule has 0 radical (unpaired) electrons. The highest BCUT2D eigenvalue weighted by Gasteiger charge is 2.31. The van der Waals surface area contributed by atoms with Crippen LogP contribution in [0.4, 0.5) is 0 Å². The van der Waals surface area contributed by atoms with Gasteiger partial charge in [0.25, 0.3) is 0 Å². The predicted molar refractivity (Wildman–Crippen MR) is 121 cm³/mol. The van der Waals surface area contributed by atoms with Crippen LogP contribution < -0.4 is 4.74 Å². The first-order chi connectivity index (χ1) is 15.4. The molecule has 1 atom stereocenters. The van der Waals surface area contributed by atoms with Crippen LogP contribution in [-0.2, 0) is 28.0 Å². The van der Waals surface area contributed by atoms with E-state index in [4.69, 9.17) is 9.47 Å². The van der Waals surface area contributed by atoms with Gasteiger partial charge in [-0.3, -0.25) is 9.59 Å². The molecule has 2 aromatic rings.